The number of rotatable bonds is 1. The first-order valence-corrected chi connectivity index (χ1v) is 10.8. The van der Waals surface area contributed by atoms with Gasteiger partial charge in [-0.3, -0.25) is 0 Å². The van der Waals surface area contributed by atoms with E-state index < -0.39 is 9.84 Å². The van der Waals surface area contributed by atoms with Crippen molar-refractivity contribution in [3.05, 3.63) is 91.0 Å². The van der Waals surface area contributed by atoms with Crippen LogP contribution in [0.3, 0.4) is 0 Å². The lowest BCUT2D eigenvalue weighted by molar-refractivity contribution is 0.477. The van der Waals surface area contributed by atoms with Crippen molar-refractivity contribution in [1.82, 2.24) is 0 Å². The SMILES string of the molecule is O=S1(=O)c2ccccc2-c2cc(N3c4ccccc4Oc4ccccc43)ccc21. The van der Waals surface area contributed by atoms with Crippen molar-refractivity contribution in [2.24, 2.45) is 0 Å². The number of sulfone groups is 1. The van der Waals surface area contributed by atoms with Crippen LogP contribution in [0.15, 0.2) is 101 Å². The van der Waals surface area contributed by atoms with Gasteiger partial charge in [-0.15, -0.1) is 0 Å². The van der Waals surface area contributed by atoms with E-state index >= 15 is 0 Å². The number of ether oxygens (including phenoxy) is 1. The van der Waals surface area contributed by atoms with Gasteiger partial charge in [-0.2, -0.15) is 0 Å². The van der Waals surface area contributed by atoms with Crippen LogP contribution >= 0.6 is 0 Å². The number of para-hydroxylation sites is 4. The van der Waals surface area contributed by atoms with Crippen molar-refractivity contribution in [2.75, 3.05) is 4.90 Å². The Labute approximate surface area is 168 Å². The standard InChI is InChI=1S/C24H15NO3S/c26-29(27)23-12-6-1-7-17(23)18-15-16(13-14-24(18)29)25-19-8-2-4-10-21(19)28-22-11-5-3-9-20(22)25/h1-15H. The van der Waals surface area contributed by atoms with E-state index in [-0.39, 0.29) is 0 Å². The summed E-state index contributed by atoms with van der Waals surface area (Å²) in [5, 5.41) is 0. The van der Waals surface area contributed by atoms with Crippen LogP contribution in [0.2, 0.25) is 0 Å². The van der Waals surface area contributed by atoms with Gasteiger partial charge < -0.3 is 9.64 Å². The molecule has 5 heteroatoms. The zero-order chi connectivity index (χ0) is 19.6. The molecular formula is C24H15NO3S. The minimum atomic E-state index is -3.48. The minimum Gasteiger partial charge on any atom is -0.453 e. The smallest absolute Gasteiger partial charge is 0.207 e. The van der Waals surface area contributed by atoms with Crippen LogP contribution < -0.4 is 9.64 Å². The third kappa shape index (κ3) is 2.22. The van der Waals surface area contributed by atoms with Crippen molar-refractivity contribution in [1.29, 1.82) is 0 Å². The van der Waals surface area contributed by atoms with E-state index in [1.54, 1.807) is 18.2 Å². The molecule has 140 valence electrons. The fourth-order valence-electron chi connectivity index (χ4n) is 4.13. The van der Waals surface area contributed by atoms with Gasteiger partial charge in [0.25, 0.3) is 0 Å². The van der Waals surface area contributed by atoms with Crippen LogP contribution in [0.25, 0.3) is 11.1 Å². The van der Waals surface area contributed by atoms with Crippen molar-refractivity contribution in [3.63, 3.8) is 0 Å². The molecular weight excluding hydrogens is 382 g/mol. The van der Waals surface area contributed by atoms with Crippen molar-refractivity contribution in [2.45, 2.75) is 9.79 Å². The van der Waals surface area contributed by atoms with Crippen LogP contribution in [-0.4, -0.2) is 8.42 Å². The minimum absolute atomic E-state index is 0.359. The molecule has 4 aromatic rings. The van der Waals surface area contributed by atoms with Crippen molar-refractivity contribution in [3.8, 4) is 22.6 Å². The van der Waals surface area contributed by atoms with Gasteiger partial charge in [0.15, 0.2) is 11.5 Å². The Balaban J connectivity index is 1.61. The lowest BCUT2D eigenvalue weighted by Gasteiger charge is -2.33. The van der Waals surface area contributed by atoms with Gasteiger partial charge in [-0.1, -0.05) is 42.5 Å². The highest BCUT2D eigenvalue weighted by molar-refractivity contribution is 7.92. The van der Waals surface area contributed by atoms with Gasteiger partial charge >= 0.3 is 0 Å². The Kier molecular flexibility index (Phi) is 3.23. The second-order valence-corrected chi connectivity index (χ2v) is 8.94. The third-order valence-corrected chi connectivity index (χ3v) is 7.28. The van der Waals surface area contributed by atoms with Gasteiger partial charge in [-0.25, -0.2) is 8.42 Å². The van der Waals surface area contributed by atoms with E-state index in [1.807, 2.05) is 72.8 Å². The fraction of sp³-hybridized carbons (Fsp3) is 0. The topological polar surface area (TPSA) is 46.6 Å². The molecule has 29 heavy (non-hydrogen) atoms. The molecule has 2 heterocycles. The maximum Gasteiger partial charge on any atom is 0.207 e. The Morgan fingerprint density at radius 1 is 0.621 bits per heavy atom. The molecule has 0 fully saturated rings. The summed E-state index contributed by atoms with van der Waals surface area (Å²) in [5.74, 6) is 1.53. The largest absolute Gasteiger partial charge is 0.453 e. The summed E-state index contributed by atoms with van der Waals surface area (Å²) < 4.78 is 31.9. The number of nitrogens with zero attached hydrogens (tertiary/aromatic N) is 1. The molecule has 0 saturated carbocycles. The third-order valence-electron chi connectivity index (χ3n) is 5.41. The van der Waals surface area contributed by atoms with Gasteiger partial charge in [0.2, 0.25) is 9.84 Å². The highest BCUT2D eigenvalue weighted by atomic mass is 32.2. The molecule has 0 N–H and O–H groups in total. The van der Waals surface area contributed by atoms with Crippen LogP contribution in [0, 0.1) is 0 Å². The van der Waals surface area contributed by atoms with Gasteiger partial charge in [0, 0.05) is 16.8 Å². The van der Waals surface area contributed by atoms with E-state index in [0.717, 1.165) is 39.7 Å². The summed E-state index contributed by atoms with van der Waals surface area (Å²) in [6.07, 6.45) is 0. The molecule has 0 aliphatic carbocycles. The van der Waals surface area contributed by atoms with E-state index in [2.05, 4.69) is 4.90 Å². The molecule has 0 bridgehead atoms. The first-order valence-electron chi connectivity index (χ1n) is 9.29. The zero-order valence-electron chi connectivity index (χ0n) is 15.2. The maximum atomic E-state index is 12.9. The lowest BCUT2D eigenvalue weighted by Crippen LogP contribution is -2.15. The first kappa shape index (κ1) is 16.4. The predicted octanol–water partition coefficient (Wildman–Crippen LogP) is 6.08. The maximum absolute atomic E-state index is 12.9. The summed E-state index contributed by atoms with van der Waals surface area (Å²) in [6, 6.07) is 28.4. The number of hydrogen-bond donors (Lipinski definition) is 0. The average Bonchev–Trinajstić information content (AvgIpc) is 2.99. The molecule has 2 aliphatic rings. The summed E-state index contributed by atoms with van der Waals surface area (Å²) >= 11 is 0. The molecule has 0 unspecified atom stereocenters. The van der Waals surface area contributed by atoms with Crippen LogP contribution in [0.4, 0.5) is 17.1 Å². The zero-order valence-corrected chi connectivity index (χ0v) is 16.1. The first-order chi connectivity index (χ1) is 14.1. The number of anilines is 3. The Morgan fingerprint density at radius 2 is 1.21 bits per heavy atom. The highest BCUT2D eigenvalue weighted by Crippen LogP contribution is 2.52. The fourth-order valence-corrected chi connectivity index (χ4v) is 5.79. The molecule has 0 radical (unpaired) electrons. The number of fused-ring (bicyclic) bond motifs is 5. The molecule has 2 aliphatic heterocycles. The average molecular weight is 397 g/mol. The summed E-state index contributed by atoms with van der Waals surface area (Å²) in [6.45, 7) is 0. The normalized spacial score (nSPS) is 15.0. The molecule has 4 nitrogen and oxygen atoms in total. The quantitative estimate of drug-likeness (QED) is 0.338. The monoisotopic (exact) mass is 397 g/mol. The van der Waals surface area contributed by atoms with E-state index in [1.165, 1.54) is 0 Å². The molecule has 0 atom stereocenters. The lowest BCUT2D eigenvalue weighted by atomic mass is 10.0. The second kappa shape index (κ2) is 5.72. The Morgan fingerprint density at radius 3 is 1.93 bits per heavy atom. The van der Waals surface area contributed by atoms with E-state index in [4.69, 9.17) is 4.74 Å². The van der Waals surface area contributed by atoms with E-state index in [0.29, 0.717) is 9.79 Å². The van der Waals surface area contributed by atoms with Crippen molar-refractivity contribution < 1.29 is 13.2 Å². The van der Waals surface area contributed by atoms with E-state index in [9.17, 15) is 8.42 Å². The van der Waals surface area contributed by atoms with Crippen LogP contribution in [0.1, 0.15) is 0 Å². The summed E-state index contributed by atoms with van der Waals surface area (Å²) in [4.78, 5) is 2.84. The molecule has 6 rings (SSSR count). The number of benzene rings is 4. The molecule has 0 aromatic heterocycles. The molecule has 0 saturated heterocycles. The van der Waals surface area contributed by atoms with Crippen LogP contribution in [0.5, 0.6) is 11.5 Å². The molecule has 0 spiro atoms. The Bertz CT molecular complexity index is 1360. The summed E-state index contributed by atoms with van der Waals surface area (Å²) in [7, 11) is -3.48. The Hall–Kier alpha value is -3.57. The van der Waals surface area contributed by atoms with Crippen molar-refractivity contribution >= 4 is 26.9 Å². The van der Waals surface area contributed by atoms with Gasteiger partial charge in [0.1, 0.15) is 0 Å². The second-order valence-electron chi connectivity index (χ2n) is 7.05. The molecule has 0 amide bonds. The van der Waals surface area contributed by atoms with Crippen LogP contribution in [-0.2, 0) is 9.84 Å². The predicted molar refractivity (Wildman–Crippen MR) is 112 cm³/mol. The summed E-state index contributed by atoms with van der Waals surface area (Å²) in [5.41, 5.74) is 4.21. The number of hydrogen-bond acceptors (Lipinski definition) is 4. The van der Waals surface area contributed by atoms with Gasteiger partial charge in [0.05, 0.1) is 21.2 Å². The van der Waals surface area contributed by atoms with Gasteiger partial charge in [-0.05, 0) is 48.5 Å². The highest BCUT2D eigenvalue weighted by Gasteiger charge is 2.34. The molecule has 4 aromatic carbocycles.